The van der Waals surface area contributed by atoms with E-state index in [2.05, 4.69) is 0 Å². The van der Waals surface area contributed by atoms with E-state index in [9.17, 15) is 19.2 Å². The van der Waals surface area contributed by atoms with E-state index in [-0.39, 0.29) is 11.8 Å². The van der Waals surface area contributed by atoms with Crippen LogP contribution in [0.15, 0.2) is 0 Å². The van der Waals surface area contributed by atoms with Crippen LogP contribution < -0.4 is 0 Å². The molecule has 0 amide bonds. The van der Waals surface area contributed by atoms with Gasteiger partial charge in [-0.05, 0) is 24.7 Å². The number of carbonyl (C=O) groups excluding carboxylic acids is 4. The van der Waals surface area contributed by atoms with E-state index in [1.165, 1.54) is 0 Å². The molecule has 4 aliphatic rings. The minimum atomic E-state index is -0.545. The summed E-state index contributed by atoms with van der Waals surface area (Å²) in [5, 5.41) is 0. The number of hydrogen-bond donors (Lipinski definition) is 0. The van der Waals surface area contributed by atoms with Gasteiger partial charge in [-0.2, -0.15) is 0 Å². The third-order valence-electron chi connectivity index (χ3n) is 4.93. The molecule has 4 unspecified atom stereocenters. The Morgan fingerprint density at radius 1 is 0.611 bits per heavy atom. The highest BCUT2D eigenvalue weighted by atomic mass is 16.6. The predicted molar refractivity (Wildman–Crippen MR) is 52.4 cm³/mol. The van der Waals surface area contributed by atoms with E-state index in [1.807, 2.05) is 0 Å². The smallest absolute Gasteiger partial charge is 0.316 e. The van der Waals surface area contributed by atoms with Crippen LogP contribution in [0.3, 0.4) is 0 Å². The third-order valence-corrected chi connectivity index (χ3v) is 4.93. The van der Waals surface area contributed by atoms with Gasteiger partial charge in [0, 0.05) is 0 Å². The number of fused-ring (bicyclic) bond motifs is 9. The molecule has 2 heterocycles. The molecule has 2 aliphatic carbocycles. The van der Waals surface area contributed by atoms with Crippen molar-refractivity contribution in [3.05, 3.63) is 0 Å². The molecular weight excluding hydrogens is 240 g/mol. The SMILES string of the molecule is O=C1OC(=O)C2CC1C1C3C[C@@H](C(=O)OC3=O)[C@@H]21. The van der Waals surface area contributed by atoms with Crippen molar-refractivity contribution in [2.45, 2.75) is 12.8 Å². The van der Waals surface area contributed by atoms with Crippen LogP contribution >= 0.6 is 0 Å². The summed E-state index contributed by atoms with van der Waals surface area (Å²) < 4.78 is 9.41. The molecule has 0 aromatic carbocycles. The minimum Gasteiger partial charge on any atom is -0.393 e. The van der Waals surface area contributed by atoms with E-state index in [0.717, 1.165) is 0 Å². The number of hydrogen-bond acceptors (Lipinski definition) is 6. The molecule has 6 nitrogen and oxygen atoms in total. The molecule has 2 saturated carbocycles. The Hall–Kier alpha value is -1.72. The zero-order valence-electron chi connectivity index (χ0n) is 9.33. The van der Waals surface area contributed by atoms with E-state index < -0.39 is 47.5 Å². The number of cyclic esters (lactones) is 4. The Balaban J connectivity index is 1.83. The van der Waals surface area contributed by atoms with Crippen molar-refractivity contribution in [3.8, 4) is 0 Å². The van der Waals surface area contributed by atoms with Crippen LogP contribution in [-0.2, 0) is 28.7 Å². The molecule has 0 radical (unpaired) electrons. The zero-order chi connectivity index (χ0) is 12.6. The average molecular weight is 250 g/mol. The summed E-state index contributed by atoms with van der Waals surface area (Å²) in [7, 11) is 0. The molecule has 94 valence electrons. The van der Waals surface area contributed by atoms with Gasteiger partial charge in [0.15, 0.2) is 0 Å². The fraction of sp³-hybridized carbons (Fsp3) is 0.667. The van der Waals surface area contributed by atoms with Crippen LogP contribution in [0.2, 0.25) is 0 Å². The second-order valence-corrected chi connectivity index (χ2v) is 5.53. The van der Waals surface area contributed by atoms with Gasteiger partial charge in [0.2, 0.25) is 0 Å². The summed E-state index contributed by atoms with van der Waals surface area (Å²) in [5.41, 5.74) is 0. The molecule has 2 saturated heterocycles. The molecule has 18 heavy (non-hydrogen) atoms. The topological polar surface area (TPSA) is 86.7 Å². The zero-order valence-corrected chi connectivity index (χ0v) is 9.33. The number of ether oxygens (including phenoxy) is 2. The van der Waals surface area contributed by atoms with Crippen molar-refractivity contribution in [1.82, 2.24) is 0 Å². The quantitative estimate of drug-likeness (QED) is 0.332. The highest BCUT2D eigenvalue weighted by Crippen LogP contribution is 2.60. The van der Waals surface area contributed by atoms with E-state index in [4.69, 9.17) is 9.47 Å². The Kier molecular flexibility index (Phi) is 1.70. The van der Waals surface area contributed by atoms with Gasteiger partial charge >= 0.3 is 23.9 Å². The summed E-state index contributed by atoms with van der Waals surface area (Å²) in [6.45, 7) is 0. The second-order valence-electron chi connectivity index (χ2n) is 5.53. The number of carbonyl (C=O) groups is 4. The maximum absolute atomic E-state index is 11.7. The Labute approximate surface area is 102 Å². The van der Waals surface area contributed by atoms with Crippen molar-refractivity contribution in [1.29, 1.82) is 0 Å². The van der Waals surface area contributed by atoms with Crippen LogP contribution in [-0.4, -0.2) is 23.9 Å². The molecule has 2 aliphatic heterocycles. The number of rotatable bonds is 0. The van der Waals surface area contributed by atoms with Gasteiger partial charge in [-0.25, -0.2) is 0 Å². The Bertz CT molecular complexity index is 423. The fourth-order valence-electron chi connectivity index (χ4n) is 4.32. The maximum Gasteiger partial charge on any atom is 0.316 e. The van der Waals surface area contributed by atoms with E-state index >= 15 is 0 Å². The van der Waals surface area contributed by atoms with Gasteiger partial charge in [0.05, 0.1) is 23.7 Å². The van der Waals surface area contributed by atoms with Crippen molar-refractivity contribution >= 4 is 23.9 Å². The first-order valence-electron chi connectivity index (χ1n) is 6.09. The second kappa shape index (κ2) is 2.99. The summed E-state index contributed by atoms with van der Waals surface area (Å²) in [6.07, 6.45) is 0.834. The molecule has 0 N–H and O–H groups in total. The average Bonchev–Trinajstić information content (AvgIpc) is 2.79. The van der Waals surface area contributed by atoms with Crippen LogP contribution in [0.5, 0.6) is 0 Å². The van der Waals surface area contributed by atoms with Gasteiger partial charge in [-0.1, -0.05) is 0 Å². The molecule has 0 aromatic heterocycles. The van der Waals surface area contributed by atoms with Crippen molar-refractivity contribution < 1.29 is 28.7 Å². The molecule has 0 aromatic rings. The molecular formula is C12H10O6. The van der Waals surface area contributed by atoms with Gasteiger partial charge in [-0.15, -0.1) is 0 Å². The third kappa shape index (κ3) is 0.996. The minimum absolute atomic E-state index is 0.252. The van der Waals surface area contributed by atoms with Gasteiger partial charge in [-0.3, -0.25) is 19.2 Å². The highest BCUT2D eigenvalue weighted by Gasteiger charge is 2.67. The first-order valence-corrected chi connectivity index (χ1v) is 6.09. The molecule has 6 heteroatoms. The lowest BCUT2D eigenvalue weighted by Crippen LogP contribution is -2.38. The maximum atomic E-state index is 11.7. The lowest BCUT2D eigenvalue weighted by molar-refractivity contribution is -0.173. The molecule has 6 atom stereocenters. The Morgan fingerprint density at radius 3 is 1.17 bits per heavy atom. The van der Waals surface area contributed by atoms with Crippen molar-refractivity contribution in [2.75, 3.05) is 0 Å². The first kappa shape index (κ1) is 10.2. The highest BCUT2D eigenvalue weighted by molar-refractivity contribution is 5.97. The fourth-order valence-corrected chi connectivity index (χ4v) is 4.32. The molecule has 4 rings (SSSR count). The first-order chi connectivity index (χ1) is 8.58. The van der Waals surface area contributed by atoms with Crippen LogP contribution in [0.25, 0.3) is 0 Å². The standard InChI is InChI=1S/C12H10O6/c13-9-3-1-4(10(14)17-9)8-6-2-5(7(3)8)11(15)18-12(6)16/h3-8H,1-2H2/t3-,4?,5?,6?,7+,8?/m1/s1. The van der Waals surface area contributed by atoms with E-state index in [0.29, 0.717) is 12.8 Å². The molecule has 4 bridgehead atoms. The van der Waals surface area contributed by atoms with Crippen LogP contribution in [0.4, 0.5) is 0 Å². The van der Waals surface area contributed by atoms with Gasteiger partial charge < -0.3 is 9.47 Å². The normalized spacial score (nSPS) is 48.9. The summed E-state index contributed by atoms with van der Waals surface area (Å²) in [6, 6.07) is 0. The van der Waals surface area contributed by atoms with Crippen molar-refractivity contribution in [3.63, 3.8) is 0 Å². The van der Waals surface area contributed by atoms with Crippen LogP contribution in [0.1, 0.15) is 12.8 Å². The Morgan fingerprint density at radius 2 is 0.889 bits per heavy atom. The van der Waals surface area contributed by atoms with Gasteiger partial charge in [0.1, 0.15) is 0 Å². The number of esters is 4. The summed E-state index contributed by atoms with van der Waals surface area (Å²) in [5.74, 6) is -4.38. The summed E-state index contributed by atoms with van der Waals surface area (Å²) >= 11 is 0. The lowest BCUT2D eigenvalue weighted by Gasteiger charge is -2.25. The van der Waals surface area contributed by atoms with E-state index in [1.54, 1.807) is 0 Å². The molecule has 4 fully saturated rings. The predicted octanol–water partition coefficient (Wildman–Crippen LogP) is -0.342. The van der Waals surface area contributed by atoms with Gasteiger partial charge in [0.25, 0.3) is 0 Å². The summed E-state index contributed by atoms with van der Waals surface area (Å²) in [4.78, 5) is 46.8. The monoisotopic (exact) mass is 250 g/mol. The molecule has 0 spiro atoms. The van der Waals surface area contributed by atoms with Crippen molar-refractivity contribution in [2.24, 2.45) is 35.5 Å². The largest absolute Gasteiger partial charge is 0.393 e. The van der Waals surface area contributed by atoms with Crippen LogP contribution in [0, 0.1) is 35.5 Å². The lowest BCUT2D eigenvalue weighted by atomic mass is 9.84.